The minimum Gasteiger partial charge on any atom is -0.385 e. The highest BCUT2D eigenvalue weighted by atomic mass is 32.2. The number of para-hydroxylation sites is 1. The number of amides is 2. The average molecular weight is 382 g/mol. The third-order valence-corrected chi connectivity index (χ3v) is 5.16. The summed E-state index contributed by atoms with van der Waals surface area (Å²) in [6.45, 7) is 1.11. The fourth-order valence-corrected chi connectivity index (χ4v) is 3.82. The number of fused-ring (bicyclic) bond motifs is 1. The predicted molar refractivity (Wildman–Crippen MR) is 109 cm³/mol. The van der Waals surface area contributed by atoms with Gasteiger partial charge in [0.15, 0.2) is 0 Å². The molecule has 1 aliphatic rings. The standard InChI is InChI=1S/C21H22N2O3S/c1-26-13-7-12-22-20(24)15-23-17-10-5-6-11-18(17)27-19(21(23)25)14-16-8-3-2-4-9-16/h2-6,8-11,14H,7,12-13,15H2,1H3,(H,22,24). The second-order valence-corrected chi connectivity index (χ2v) is 7.16. The van der Waals surface area contributed by atoms with Crippen molar-refractivity contribution in [1.29, 1.82) is 0 Å². The van der Waals surface area contributed by atoms with Crippen molar-refractivity contribution in [3.63, 3.8) is 0 Å². The lowest BCUT2D eigenvalue weighted by atomic mass is 10.2. The molecule has 0 bridgehead atoms. The zero-order chi connectivity index (χ0) is 19.1. The van der Waals surface area contributed by atoms with Crippen molar-refractivity contribution >= 4 is 35.3 Å². The number of rotatable bonds is 7. The Morgan fingerprint density at radius 1 is 1.15 bits per heavy atom. The van der Waals surface area contributed by atoms with E-state index in [0.717, 1.165) is 22.6 Å². The molecule has 2 aromatic rings. The Morgan fingerprint density at radius 2 is 1.89 bits per heavy atom. The van der Waals surface area contributed by atoms with Gasteiger partial charge in [-0.2, -0.15) is 0 Å². The number of nitrogens with zero attached hydrogens (tertiary/aromatic N) is 1. The van der Waals surface area contributed by atoms with E-state index in [-0.39, 0.29) is 18.4 Å². The van der Waals surface area contributed by atoms with E-state index >= 15 is 0 Å². The smallest absolute Gasteiger partial charge is 0.265 e. The molecule has 5 nitrogen and oxygen atoms in total. The summed E-state index contributed by atoms with van der Waals surface area (Å²) >= 11 is 1.44. The topological polar surface area (TPSA) is 58.6 Å². The molecule has 0 unspecified atom stereocenters. The first kappa shape index (κ1) is 19.2. The molecule has 0 fully saturated rings. The van der Waals surface area contributed by atoms with Gasteiger partial charge in [-0.15, -0.1) is 0 Å². The van der Waals surface area contributed by atoms with E-state index in [1.54, 1.807) is 12.0 Å². The lowest BCUT2D eigenvalue weighted by Gasteiger charge is -2.29. The number of hydrogen-bond acceptors (Lipinski definition) is 4. The first-order valence-corrected chi connectivity index (χ1v) is 9.62. The van der Waals surface area contributed by atoms with E-state index in [1.165, 1.54) is 11.8 Å². The van der Waals surface area contributed by atoms with Gasteiger partial charge in [-0.05, 0) is 30.2 Å². The molecular formula is C21H22N2O3S. The number of benzene rings is 2. The fraction of sp³-hybridized carbons (Fsp3) is 0.238. The molecule has 27 heavy (non-hydrogen) atoms. The number of nitrogens with one attached hydrogen (secondary N) is 1. The third kappa shape index (κ3) is 4.99. The van der Waals surface area contributed by atoms with Crippen LogP contribution >= 0.6 is 11.8 Å². The van der Waals surface area contributed by atoms with Crippen LogP contribution in [0.3, 0.4) is 0 Å². The number of carbonyl (C=O) groups is 2. The molecule has 2 amide bonds. The fourth-order valence-electron chi connectivity index (χ4n) is 2.76. The molecule has 0 spiro atoms. The Morgan fingerprint density at radius 3 is 2.67 bits per heavy atom. The van der Waals surface area contributed by atoms with Crippen molar-refractivity contribution in [2.45, 2.75) is 11.3 Å². The van der Waals surface area contributed by atoms with Gasteiger partial charge in [-0.1, -0.05) is 54.2 Å². The number of carbonyl (C=O) groups excluding carboxylic acids is 2. The summed E-state index contributed by atoms with van der Waals surface area (Å²) in [5, 5.41) is 2.84. The molecule has 2 aromatic carbocycles. The summed E-state index contributed by atoms with van der Waals surface area (Å²) < 4.78 is 4.98. The maximum absolute atomic E-state index is 13.0. The lowest BCUT2D eigenvalue weighted by molar-refractivity contribution is -0.122. The second kappa shape index (κ2) is 9.39. The van der Waals surface area contributed by atoms with Crippen molar-refractivity contribution < 1.29 is 14.3 Å². The summed E-state index contributed by atoms with van der Waals surface area (Å²) in [6.07, 6.45) is 2.61. The molecule has 1 N–H and O–H groups in total. The molecule has 1 heterocycles. The highest BCUT2D eigenvalue weighted by Gasteiger charge is 2.30. The van der Waals surface area contributed by atoms with Crippen LogP contribution in [0.1, 0.15) is 12.0 Å². The van der Waals surface area contributed by atoms with E-state index in [1.807, 2.05) is 60.7 Å². The van der Waals surface area contributed by atoms with Crippen LogP contribution in [-0.4, -0.2) is 38.6 Å². The van der Waals surface area contributed by atoms with Crippen LogP contribution in [-0.2, 0) is 14.3 Å². The number of thioether (sulfide) groups is 1. The van der Waals surface area contributed by atoms with Gasteiger partial charge in [0, 0.05) is 25.2 Å². The molecule has 0 radical (unpaired) electrons. The van der Waals surface area contributed by atoms with Gasteiger partial charge in [0.2, 0.25) is 5.91 Å². The zero-order valence-electron chi connectivity index (χ0n) is 15.2. The molecule has 1 aliphatic heterocycles. The Labute approximate surface area is 163 Å². The van der Waals surface area contributed by atoms with Crippen LogP contribution in [0.25, 0.3) is 6.08 Å². The Kier molecular flexibility index (Phi) is 6.68. The molecule has 3 rings (SSSR count). The first-order valence-electron chi connectivity index (χ1n) is 8.80. The number of hydrogen-bond donors (Lipinski definition) is 1. The normalized spacial score (nSPS) is 14.9. The summed E-state index contributed by atoms with van der Waals surface area (Å²) in [5.41, 5.74) is 1.72. The lowest BCUT2D eigenvalue weighted by Crippen LogP contribution is -2.43. The van der Waals surface area contributed by atoms with Gasteiger partial charge in [-0.3, -0.25) is 14.5 Å². The van der Waals surface area contributed by atoms with E-state index < -0.39 is 0 Å². The largest absolute Gasteiger partial charge is 0.385 e. The predicted octanol–water partition coefficient (Wildman–Crippen LogP) is 3.32. The SMILES string of the molecule is COCCCNC(=O)CN1C(=O)C(=Cc2ccccc2)Sc2ccccc21. The summed E-state index contributed by atoms with van der Waals surface area (Å²) in [4.78, 5) is 28.5. The maximum atomic E-state index is 13.0. The quantitative estimate of drug-likeness (QED) is 0.590. The van der Waals surface area contributed by atoms with Crippen LogP contribution in [0.2, 0.25) is 0 Å². The highest BCUT2D eigenvalue weighted by Crippen LogP contribution is 2.41. The van der Waals surface area contributed by atoms with Crippen molar-refractivity contribution in [1.82, 2.24) is 5.32 Å². The van der Waals surface area contributed by atoms with E-state index in [2.05, 4.69) is 5.32 Å². The summed E-state index contributed by atoms with van der Waals surface area (Å²) in [5.74, 6) is -0.338. The molecule has 0 aromatic heterocycles. The maximum Gasteiger partial charge on any atom is 0.265 e. The van der Waals surface area contributed by atoms with Crippen LogP contribution in [0.15, 0.2) is 64.4 Å². The molecule has 6 heteroatoms. The molecule has 0 saturated heterocycles. The van der Waals surface area contributed by atoms with Crippen molar-refractivity contribution in [3.8, 4) is 0 Å². The number of ether oxygens (including phenoxy) is 1. The van der Waals surface area contributed by atoms with Gasteiger partial charge in [0.1, 0.15) is 6.54 Å². The Hall–Kier alpha value is -2.57. The molecule has 0 atom stereocenters. The van der Waals surface area contributed by atoms with Crippen LogP contribution in [0.5, 0.6) is 0 Å². The molecular weight excluding hydrogens is 360 g/mol. The minimum absolute atomic E-state index is 0.00445. The number of anilines is 1. The zero-order valence-corrected chi connectivity index (χ0v) is 16.0. The van der Waals surface area contributed by atoms with Gasteiger partial charge in [-0.25, -0.2) is 0 Å². The van der Waals surface area contributed by atoms with E-state index in [0.29, 0.717) is 18.1 Å². The monoisotopic (exact) mass is 382 g/mol. The third-order valence-electron chi connectivity index (χ3n) is 4.08. The van der Waals surface area contributed by atoms with Crippen LogP contribution in [0, 0.1) is 0 Å². The second-order valence-electron chi connectivity index (χ2n) is 6.08. The van der Waals surface area contributed by atoms with Gasteiger partial charge < -0.3 is 10.1 Å². The molecule has 0 aliphatic carbocycles. The molecule has 0 saturated carbocycles. The first-order chi connectivity index (χ1) is 13.2. The Bertz CT molecular complexity index is 836. The van der Waals surface area contributed by atoms with Crippen molar-refractivity contribution in [3.05, 3.63) is 65.1 Å². The van der Waals surface area contributed by atoms with E-state index in [4.69, 9.17) is 4.74 Å². The van der Waals surface area contributed by atoms with Gasteiger partial charge >= 0.3 is 0 Å². The van der Waals surface area contributed by atoms with Crippen LogP contribution in [0.4, 0.5) is 5.69 Å². The average Bonchev–Trinajstić information content (AvgIpc) is 2.69. The highest BCUT2D eigenvalue weighted by molar-refractivity contribution is 8.04. The van der Waals surface area contributed by atoms with Gasteiger partial charge in [0.25, 0.3) is 5.91 Å². The minimum atomic E-state index is -0.180. The number of methoxy groups -OCH3 is 1. The summed E-state index contributed by atoms with van der Waals surface area (Å²) in [7, 11) is 1.63. The Balaban J connectivity index is 1.80. The molecule has 140 valence electrons. The summed E-state index contributed by atoms with van der Waals surface area (Å²) in [6, 6.07) is 17.4. The van der Waals surface area contributed by atoms with Crippen LogP contribution < -0.4 is 10.2 Å². The van der Waals surface area contributed by atoms with Gasteiger partial charge in [0.05, 0.1) is 10.6 Å². The van der Waals surface area contributed by atoms with Crippen molar-refractivity contribution in [2.75, 3.05) is 31.7 Å². The van der Waals surface area contributed by atoms with Crippen molar-refractivity contribution in [2.24, 2.45) is 0 Å². The van der Waals surface area contributed by atoms with E-state index in [9.17, 15) is 9.59 Å².